The minimum Gasteiger partial charge on any atom is -0.355 e. The van der Waals surface area contributed by atoms with E-state index in [1.54, 1.807) is 49.4 Å². The first kappa shape index (κ1) is 34.0. The predicted molar refractivity (Wildman–Crippen MR) is 181 cm³/mol. The molecule has 0 saturated heterocycles. The molecule has 236 valence electrons. The maximum Gasteiger partial charge on any atom is 0.264 e. The number of amides is 2. The summed E-state index contributed by atoms with van der Waals surface area (Å²) in [5.41, 5.74) is 4.37. The first-order valence-corrected chi connectivity index (χ1v) is 16.8. The summed E-state index contributed by atoms with van der Waals surface area (Å²) in [5.74, 6) is -0.903. The molecule has 45 heavy (non-hydrogen) atoms. The van der Waals surface area contributed by atoms with Crippen molar-refractivity contribution in [3.05, 3.63) is 129 Å². The lowest BCUT2D eigenvalue weighted by molar-refractivity contribution is -0.140. The molecule has 0 aromatic heterocycles. The molecule has 0 bridgehead atoms. The number of halogens is 2. The number of nitrogens with one attached hydrogen (secondary N) is 1. The number of likely N-dealkylation sites (N-methyl/N-ethyl adjacent to an activating group) is 1. The van der Waals surface area contributed by atoms with Gasteiger partial charge >= 0.3 is 0 Å². The number of benzene rings is 4. The minimum absolute atomic E-state index is 0.00439. The van der Waals surface area contributed by atoms with Crippen molar-refractivity contribution < 1.29 is 18.0 Å². The Morgan fingerprint density at radius 2 is 1.51 bits per heavy atom. The predicted octanol–water partition coefficient (Wildman–Crippen LogP) is 6.89. The van der Waals surface area contributed by atoms with Crippen LogP contribution < -0.4 is 9.62 Å². The first-order chi connectivity index (χ1) is 21.4. The van der Waals surface area contributed by atoms with Gasteiger partial charge in [0, 0.05) is 19.5 Å². The Morgan fingerprint density at radius 3 is 2.16 bits per heavy atom. The second-order valence-electron chi connectivity index (χ2n) is 10.9. The fourth-order valence-electron chi connectivity index (χ4n) is 5.04. The van der Waals surface area contributed by atoms with Crippen molar-refractivity contribution in [1.82, 2.24) is 10.2 Å². The van der Waals surface area contributed by atoms with Crippen molar-refractivity contribution in [3.8, 4) is 0 Å². The molecule has 10 heteroatoms. The molecule has 0 heterocycles. The Kier molecular flexibility index (Phi) is 11.3. The van der Waals surface area contributed by atoms with Gasteiger partial charge in [-0.25, -0.2) is 8.42 Å². The number of hydrogen-bond donors (Lipinski definition) is 1. The van der Waals surface area contributed by atoms with Crippen LogP contribution in [0.2, 0.25) is 10.0 Å². The molecule has 2 amide bonds. The van der Waals surface area contributed by atoms with E-state index in [0.717, 1.165) is 26.6 Å². The van der Waals surface area contributed by atoms with Gasteiger partial charge in [-0.05, 0) is 80.3 Å². The molecule has 0 fully saturated rings. The molecule has 4 rings (SSSR count). The van der Waals surface area contributed by atoms with Crippen LogP contribution in [-0.2, 0) is 32.6 Å². The lowest BCUT2D eigenvalue weighted by atomic mass is 10.0. The van der Waals surface area contributed by atoms with Crippen LogP contribution in [0.1, 0.15) is 34.7 Å². The summed E-state index contributed by atoms with van der Waals surface area (Å²) >= 11 is 12.5. The van der Waals surface area contributed by atoms with E-state index in [2.05, 4.69) is 5.32 Å². The number of hydrogen-bond acceptors (Lipinski definition) is 4. The second kappa shape index (κ2) is 15.0. The maximum absolute atomic E-state index is 14.5. The summed E-state index contributed by atoms with van der Waals surface area (Å²) in [4.78, 5) is 29.6. The number of carbonyl (C=O) groups excluding carboxylic acids is 2. The third kappa shape index (κ3) is 8.25. The summed E-state index contributed by atoms with van der Waals surface area (Å²) in [6, 6.07) is 25.3. The van der Waals surface area contributed by atoms with Crippen LogP contribution >= 0.6 is 23.2 Å². The number of carbonyl (C=O) groups is 2. The monoisotopic (exact) mass is 665 g/mol. The van der Waals surface area contributed by atoms with Gasteiger partial charge in [0.1, 0.15) is 12.6 Å². The average Bonchev–Trinajstić information content (AvgIpc) is 3.01. The summed E-state index contributed by atoms with van der Waals surface area (Å²) in [6.45, 7) is 7.21. The number of aryl methyl sites for hydroxylation is 2. The third-order valence-corrected chi connectivity index (χ3v) is 10.2. The molecular weight excluding hydrogens is 629 g/mol. The van der Waals surface area contributed by atoms with Gasteiger partial charge in [0.05, 0.1) is 20.6 Å². The molecular formula is C35H37Cl2N3O4S. The van der Waals surface area contributed by atoms with Crippen LogP contribution in [0.15, 0.2) is 95.9 Å². The molecule has 4 aromatic rings. The molecule has 0 aliphatic heterocycles. The van der Waals surface area contributed by atoms with Crippen LogP contribution in [0.25, 0.3) is 0 Å². The SMILES string of the molecule is CCNC(=O)[C@@H](Cc1ccccc1)N(Cc1ccc(Cl)c(Cl)c1)C(=O)CN(c1cccc(C)c1C)S(=O)(=O)c1ccc(C)cc1. The molecule has 0 spiro atoms. The lowest BCUT2D eigenvalue weighted by Gasteiger charge is -2.34. The van der Waals surface area contributed by atoms with Gasteiger partial charge in [-0.15, -0.1) is 0 Å². The van der Waals surface area contributed by atoms with Crippen molar-refractivity contribution >= 4 is 50.7 Å². The van der Waals surface area contributed by atoms with Crippen molar-refractivity contribution in [3.63, 3.8) is 0 Å². The molecule has 7 nitrogen and oxygen atoms in total. The second-order valence-corrected chi connectivity index (χ2v) is 13.6. The molecule has 1 N–H and O–H groups in total. The quantitative estimate of drug-likeness (QED) is 0.179. The standard InChI is InChI=1S/C35H37Cl2N3O4S/c1-5-38-35(42)33(21-27-11-7-6-8-12-27)39(22-28-16-19-30(36)31(37)20-28)34(41)23-40(32-13-9-10-25(3)26(32)4)45(43,44)29-17-14-24(2)15-18-29/h6-20,33H,5,21-23H2,1-4H3,(H,38,42)/t33-/m1/s1. The highest BCUT2D eigenvalue weighted by Crippen LogP contribution is 2.30. The number of sulfonamides is 1. The summed E-state index contributed by atoms with van der Waals surface area (Å²) < 4.78 is 29.6. The molecule has 1 atom stereocenters. The van der Waals surface area contributed by atoms with E-state index in [1.807, 2.05) is 57.2 Å². The Balaban J connectivity index is 1.84. The van der Waals surface area contributed by atoms with Crippen LogP contribution in [-0.4, -0.2) is 44.3 Å². The van der Waals surface area contributed by atoms with Crippen molar-refractivity contribution in [1.29, 1.82) is 0 Å². The highest BCUT2D eigenvalue weighted by molar-refractivity contribution is 7.92. The Labute approximate surface area is 275 Å². The largest absolute Gasteiger partial charge is 0.355 e. The molecule has 0 aliphatic rings. The Hall–Kier alpha value is -3.85. The van der Waals surface area contributed by atoms with E-state index < -0.39 is 28.5 Å². The average molecular weight is 667 g/mol. The van der Waals surface area contributed by atoms with E-state index in [9.17, 15) is 18.0 Å². The zero-order valence-electron chi connectivity index (χ0n) is 25.8. The minimum atomic E-state index is -4.19. The van der Waals surface area contributed by atoms with Crippen LogP contribution in [0.5, 0.6) is 0 Å². The van der Waals surface area contributed by atoms with E-state index in [1.165, 1.54) is 17.0 Å². The molecule has 0 unspecified atom stereocenters. The third-order valence-electron chi connectivity index (χ3n) is 7.69. The van der Waals surface area contributed by atoms with Crippen LogP contribution in [0.4, 0.5) is 5.69 Å². The van der Waals surface area contributed by atoms with Crippen molar-refractivity contribution in [2.75, 3.05) is 17.4 Å². The van der Waals surface area contributed by atoms with E-state index in [-0.39, 0.29) is 23.8 Å². The fourth-order valence-corrected chi connectivity index (χ4v) is 6.83. The molecule has 0 saturated carbocycles. The Morgan fingerprint density at radius 1 is 0.822 bits per heavy atom. The fraction of sp³-hybridized carbons (Fsp3) is 0.257. The van der Waals surface area contributed by atoms with E-state index in [4.69, 9.17) is 23.2 Å². The lowest BCUT2D eigenvalue weighted by Crippen LogP contribution is -2.53. The molecule has 0 radical (unpaired) electrons. The zero-order valence-corrected chi connectivity index (χ0v) is 28.1. The summed E-state index contributed by atoms with van der Waals surface area (Å²) in [6.07, 6.45) is 0.216. The van der Waals surface area contributed by atoms with Gasteiger partial charge in [-0.3, -0.25) is 13.9 Å². The van der Waals surface area contributed by atoms with Crippen LogP contribution in [0, 0.1) is 20.8 Å². The Bertz CT molecular complexity index is 1760. The van der Waals surface area contributed by atoms with E-state index in [0.29, 0.717) is 27.8 Å². The highest BCUT2D eigenvalue weighted by atomic mass is 35.5. The topological polar surface area (TPSA) is 86.8 Å². The number of anilines is 1. The van der Waals surface area contributed by atoms with Crippen LogP contribution in [0.3, 0.4) is 0 Å². The normalized spacial score (nSPS) is 12.0. The first-order valence-electron chi connectivity index (χ1n) is 14.6. The van der Waals surface area contributed by atoms with Crippen molar-refractivity contribution in [2.45, 2.75) is 51.6 Å². The zero-order chi connectivity index (χ0) is 32.7. The maximum atomic E-state index is 14.5. The van der Waals surface area contributed by atoms with Gasteiger partial charge < -0.3 is 10.2 Å². The number of rotatable bonds is 12. The summed E-state index contributed by atoms with van der Waals surface area (Å²) in [7, 11) is -4.19. The molecule has 4 aromatic carbocycles. The van der Waals surface area contributed by atoms with Crippen molar-refractivity contribution in [2.24, 2.45) is 0 Å². The van der Waals surface area contributed by atoms with Gasteiger partial charge in [-0.2, -0.15) is 0 Å². The van der Waals surface area contributed by atoms with E-state index >= 15 is 0 Å². The van der Waals surface area contributed by atoms with Gasteiger partial charge in [-0.1, -0.05) is 89.4 Å². The summed E-state index contributed by atoms with van der Waals surface area (Å²) in [5, 5.41) is 3.52. The molecule has 0 aliphatic carbocycles. The smallest absolute Gasteiger partial charge is 0.264 e. The van der Waals surface area contributed by atoms with Gasteiger partial charge in [0.15, 0.2) is 0 Å². The number of nitrogens with zero attached hydrogens (tertiary/aromatic N) is 2. The van der Waals surface area contributed by atoms with Gasteiger partial charge in [0.2, 0.25) is 11.8 Å². The van der Waals surface area contributed by atoms with Gasteiger partial charge in [0.25, 0.3) is 10.0 Å². The highest BCUT2D eigenvalue weighted by Gasteiger charge is 2.35.